The van der Waals surface area contributed by atoms with Crippen LogP contribution in [0.2, 0.25) is 0 Å². The number of carbonyl (C=O) groups is 2. The van der Waals surface area contributed by atoms with Crippen LogP contribution < -0.4 is 0 Å². The van der Waals surface area contributed by atoms with E-state index in [9.17, 15) is 9.59 Å². The predicted molar refractivity (Wildman–Crippen MR) is 105 cm³/mol. The van der Waals surface area contributed by atoms with Crippen molar-refractivity contribution in [1.29, 1.82) is 0 Å². The van der Waals surface area contributed by atoms with Gasteiger partial charge in [-0.25, -0.2) is 14.6 Å². The molecule has 27 heavy (non-hydrogen) atoms. The Balaban J connectivity index is 2.12. The minimum Gasteiger partial charge on any atom is -0.463 e. The van der Waals surface area contributed by atoms with Crippen molar-refractivity contribution in [3.63, 3.8) is 0 Å². The molecule has 1 atom stereocenters. The Morgan fingerprint density at radius 2 is 1.70 bits per heavy atom. The van der Waals surface area contributed by atoms with E-state index >= 15 is 0 Å². The Labute approximate surface area is 162 Å². The van der Waals surface area contributed by atoms with Crippen LogP contribution in [0.15, 0.2) is 57.2 Å². The lowest BCUT2D eigenvalue weighted by Gasteiger charge is -2.35. The van der Waals surface area contributed by atoms with Crippen molar-refractivity contribution >= 4 is 28.9 Å². The molecule has 0 N–H and O–H groups in total. The molecule has 0 amide bonds. The Hall–Kier alpha value is -2.54. The van der Waals surface area contributed by atoms with Gasteiger partial charge in [-0.1, -0.05) is 30.3 Å². The van der Waals surface area contributed by atoms with E-state index in [-0.39, 0.29) is 12.6 Å². The largest absolute Gasteiger partial charge is 0.463 e. The van der Waals surface area contributed by atoms with Crippen LogP contribution in [0.5, 0.6) is 0 Å². The van der Waals surface area contributed by atoms with E-state index in [1.165, 1.54) is 11.8 Å². The summed E-state index contributed by atoms with van der Waals surface area (Å²) in [5.41, 5.74) is 2.73. The van der Waals surface area contributed by atoms with Crippen molar-refractivity contribution in [2.45, 2.75) is 33.7 Å². The smallest absolute Gasteiger partial charge is 0.346 e. The lowest BCUT2D eigenvalue weighted by atomic mass is 9.94. The first-order valence-electron chi connectivity index (χ1n) is 8.86. The van der Waals surface area contributed by atoms with E-state index in [4.69, 9.17) is 9.47 Å². The second-order valence-electron chi connectivity index (χ2n) is 6.03. The molecule has 0 aliphatic carbocycles. The maximum atomic E-state index is 12.7. The summed E-state index contributed by atoms with van der Waals surface area (Å²) in [5.74, 6) is -0.770. The summed E-state index contributed by atoms with van der Waals surface area (Å²) >= 11 is 1.27. The SMILES string of the molecule is CCOC(=O)C1=C(C)N2C(=NC(C)=C(C(=O)OCC)C2c2ccccc2)S1. The number of hydrogen-bond donors (Lipinski definition) is 0. The molecule has 1 unspecified atom stereocenters. The maximum Gasteiger partial charge on any atom is 0.346 e. The van der Waals surface area contributed by atoms with Crippen molar-refractivity contribution in [1.82, 2.24) is 4.90 Å². The molecule has 0 fully saturated rings. The fourth-order valence-corrected chi connectivity index (χ4v) is 4.28. The fraction of sp³-hybridized carbons (Fsp3) is 0.350. The molecule has 2 aliphatic heterocycles. The first-order valence-corrected chi connectivity index (χ1v) is 9.67. The van der Waals surface area contributed by atoms with Gasteiger partial charge < -0.3 is 14.4 Å². The molecule has 2 heterocycles. The summed E-state index contributed by atoms with van der Waals surface area (Å²) < 4.78 is 10.5. The second kappa shape index (κ2) is 8.00. The standard InChI is InChI=1S/C20H22N2O4S/c1-5-25-18(23)15-12(3)21-20-22(16(15)14-10-8-7-9-11-14)13(4)17(27-20)19(24)26-6-2/h7-11,16H,5-6H2,1-4H3. The van der Waals surface area contributed by atoms with Gasteiger partial charge in [0.1, 0.15) is 4.91 Å². The number of thioether (sulfide) groups is 1. The quantitative estimate of drug-likeness (QED) is 0.718. The summed E-state index contributed by atoms with van der Waals surface area (Å²) in [6.45, 7) is 7.78. The highest BCUT2D eigenvalue weighted by Crippen LogP contribution is 2.47. The van der Waals surface area contributed by atoms with Crippen LogP contribution in [0, 0.1) is 0 Å². The van der Waals surface area contributed by atoms with Gasteiger partial charge in [0.25, 0.3) is 0 Å². The molecule has 0 saturated heterocycles. The van der Waals surface area contributed by atoms with Crippen molar-refractivity contribution in [2.24, 2.45) is 4.99 Å². The molecule has 0 bridgehead atoms. The topological polar surface area (TPSA) is 68.2 Å². The number of amidine groups is 1. The number of benzene rings is 1. The molecule has 0 spiro atoms. The normalized spacial score (nSPS) is 19.0. The highest BCUT2D eigenvalue weighted by molar-refractivity contribution is 8.18. The third-order valence-electron chi connectivity index (χ3n) is 4.35. The number of rotatable bonds is 5. The van der Waals surface area contributed by atoms with E-state index in [1.807, 2.05) is 42.2 Å². The average molecular weight is 386 g/mol. The highest BCUT2D eigenvalue weighted by atomic mass is 32.2. The molecule has 1 aromatic carbocycles. The van der Waals surface area contributed by atoms with E-state index in [0.717, 1.165) is 11.3 Å². The van der Waals surface area contributed by atoms with Gasteiger partial charge in [-0.05, 0) is 45.0 Å². The number of carbonyl (C=O) groups excluding carboxylic acids is 2. The van der Waals surface area contributed by atoms with E-state index in [1.54, 1.807) is 20.8 Å². The second-order valence-corrected chi connectivity index (χ2v) is 7.01. The zero-order chi connectivity index (χ0) is 19.6. The molecule has 2 aliphatic rings. The molecule has 7 heteroatoms. The zero-order valence-corrected chi connectivity index (χ0v) is 16.6. The predicted octanol–water partition coefficient (Wildman–Crippen LogP) is 3.78. The number of aliphatic imine (C=N–C) groups is 1. The van der Waals surface area contributed by atoms with Gasteiger partial charge >= 0.3 is 11.9 Å². The molecule has 142 valence electrons. The number of hydrogen-bond acceptors (Lipinski definition) is 7. The third kappa shape index (κ3) is 3.51. The van der Waals surface area contributed by atoms with Crippen LogP contribution in [-0.2, 0) is 19.1 Å². The first-order chi connectivity index (χ1) is 13.0. The Bertz CT molecular complexity index is 858. The lowest BCUT2D eigenvalue weighted by molar-refractivity contribution is -0.139. The number of esters is 2. The van der Waals surface area contributed by atoms with Gasteiger partial charge in [0.05, 0.1) is 30.5 Å². The highest BCUT2D eigenvalue weighted by Gasteiger charge is 2.43. The van der Waals surface area contributed by atoms with E-state index < -0.39 is 12.0 Å². The molecule has 1 aromatic rings. The molecule has 6 nitrogen and oxygen atoms in total. The van der Waals surface area contributed by atoms with Crippen LogP contribution >= 0.6 is 11.8 Å². The molecule has 0 radical (unpaired) electrons. The van der Waals surface area contributed by atoms with Gasteiger partial charge in [0.2, 0.25) is 0 Å². The number of fused-ring (bicyclic) bond motifs is 1. The summed E-state index contributed by atoms with van der Waals surface area (Å²) in [4.78, 5) is 32.1. The van der Waals surface area contributed by atoms with Gasteiger partial charge in [-0.3, -0.25) is 0 Å². The van der Waals surface area contributed by atoms with Crippen molar-refractivity contribution in [2.75, 3.05) is 13.2 Å². The third-order valence-corrected chi connectivity index (χ3v) is 5.48. The first kappa shape index (κ1) is 19.2. The molecule has 3 rings (SSSR count). The minimum atomic E-state index is -0.405. The van der Waals surface area contributed by atoms with Gasteiger partial charge in [-0.2, -0.15) is 0 Å². The number of ether oxygens (including phenoxy) is 2. The summed E-state index contributed by atoms with van der Waals surface area (Å²) in [5, 5.41) is 0.662. The van der Waals surface area contributed by atoms with Crippen molar-refractivity contribution in [3.8, 4) is 0 Å². The molecule has 0 saturated carbocycles. The van der Waals surface area contributed by atoms with Crippen LogP contribution in [0.25, 0.3) is 0 Å². The van der Waals surface area contributed by atoms with Gasteiger partial charge in [-0.15, -0.1) is 0 Å². The van der Waals surface area contributed by atoms with E-state index in [2.05, 4.69) is 4.99 Å². The average Bonchev–Trinajstić information content (AvgIpc) is 2.98. The zero-order valence-electron chi connectivity index (χ0n) is 15.8. The summed E-state index contributed by atoms with van der Waals surface area (Å²) in [6, 6.07) is 9.28. The molecular formula is C20H22N2O4S. The molecular weight excluding hydrogens is 364 g/mol. The van der Waals surface area contributed by atoms with Crippen LogP contribution in [-0.4, -0.2) is 35.2 Å². The lowest BCUT2D eigenvalue weighted by Crippen LogP contribution is -2.36. The van der Waals surface area contributed by atoms with Crippen LogP contribution in [0.3, 0.4) is 0 Å². The summed E-state index contributed by atoms with van der Waals surface area (Å²) in [7, 11) is 0. The van der Waals surface area contributed by atoms with Gasteiger partial charge in [0.15, 0.2) is 5.17 Å². The fourth-order valence-electron chi connectivity index (χ4n) is 3.18. The van der Waals surface area contributed by atoms with Crippen molar-refractivity contribution < 1.29 is 19.1 Å². The van der Waals surface area contributed by atoms with Gasteiger partial charge in [0, 0.05) is 5.70 Å². The summed E-state index contributed by atoms with van der Waals surface area (Å²) in [6.07, 6.45) is 0. The Kier molecular flexibility index (Phi) is 5.70. The maximum absolute atomic E-state index is 12.7. The Morgan fingerprint density at radius 3 is 2.33 bits per heavy atom. The minimum absolute atomic E-state index is 0.283. The Morgan fingerprint density at radius 1 is 1.07 bits per heavy atom. The van der Waals surface area contributed by atoms with Crippen LogP contribution in [0.1, 0.15) is 39.3 Å². The molecule has 0 aromatic heterocycles. The number of allylic oxidation sites excluding steroid dienone is 2. The van der Waals surface area contributed by atoms with Crippen LogP contribution in [0.4, 0.5) is 0 Å². The van der Waals surface area contributed by atoms with Crippen molar-refractivity contribution in [3.05, 3.63) is 57.8 Å². The van der Waals surface area contributed by atoms with E-state index in [0.29, 0.717) is 27.9 Å². The number of nitrogens with zero attached hydrogens (tertiary/aromatic N) is 2. The monoisotopic (exact) mass is 386 g/mol.